The molecule has 5 nitrogen and oxygen atoms in total. The summed E-state index contributed by atoms with van der Waals surface area (Å²) in [6, 6.07) is 10.1. The molecule has 0 atom stereocenters. The Morgan fingerprint density at radius 1 is 1.04 bits per heavy atom. The smallest absolute Gasteiger partial charge is 0.317 e. The number of benzene rings is 2. The molecule has 1 heterocycles. The molecule has 27 heavy (non-hydrogen) atoms. The molecule has 0 saturated carbocycles. The highest BCUT2D eigenvalue weighted by atomic mass is 35.5. The van der Waals surface area contributed by atoms with Crippen molar-refractivity contribution in [2.24, 2.45) is 0 Å². The molecule has 1 aliphatic heterocycles. The molecule has 0 radical (unpaired) electrons. The third-order valence-corrected chi connectivity index (χ3v) is 4.58. The largest absolute Gasteiger partial charge is 0.490 e. The summed E-state index contributed by atoms with van der Waals surface area (Å²) in [6.45, 7) is 3.06. The number of rotatable bonds is 5. The first-order chi connectivity index (χ1) is 13.0. The van der Waals surface area contributed by atoms with E-state index in [2.05, 4.69) is 10.2 Å². The van der Waals surface area contributed by atoms with Crippen molar-refractivity contribution >= 4 is 23.3 Å². The molecule has 0 bridgehead atoms. The molecule has 0 aromatic heterocycles. The van der Waals surface area contributed by atoms with E-state index in [0.717, 1.165) is 5.69 Å². The van der Waals surface area contributed by atoms with Gasteiger partial charge < -0.3 is 19.9 Å². The average molecular weight is 396 g/mol. The van der Waals surface area contributed by atoms with Gasteiger partial charge in [0.15, 0.2) is 0 Å². The molecule has 8 heteroatoms. The summed E-state index contributed by atoms with van der Waals surface area (Å²) < 4.78 is 31.4. The summed E-state index contributed by atoms with van der Waals surface area (Å²) in [7, 11) is 0. The van der Waals surface area contributed by atoms with E-state index in [9.17, 15) is 13.6 Å². The number of nitrogens with one attached hydrogen (secondary N) is 1. The van der Waals surface area contributed by atoms with Crippen LogP contribution in [0.3, 0.4) is 0 Å². The van der Waals surface area contributed by atoms with Gasteiger partial charge in [-0.25, -0.2) is 13.6 Å². The Morgan fingerprint density at radius 2 is 1.70 bits per heavy atom. The van der Waals surface area contributed by atoms with Gasteiger partial charge in [0.25, 0.3) is 0 Å². The van der Waals surface area contributed by atoms with Gasteiger partial charge in [-0.15, -0.1) is 0 Å². The van der Waals surface area contributed by atoms with E-state index < -0.39 is 5.82 Å². The summed E-state index contributed by atoms with van der Waals surface area (Å²) in [5, 5.41) is 2.99. The van der Waals surface area contributed by atoms with Crippen LogP contribution >= 0.6 is 11.6 Å². The Morgan fingerprint density at radius 3 is 2.37 bits per heavy atom. The van der Waals surface area contributed by atoms with Crippen LogP contribution in [0.15, 0.2) is 42.5 Å². The quantitative estimate of drug-likeness (QED) is 0.788. The first-order valence-electron chi connectivity index (χ1n) is 8.64. The van der Waals surface area contributed by atoms with Gasteiger partial charge in [0, 0.05) is 31.9 Å². The zero-order chi connectivity index (χ0) is 19.2. The Labute approximate surface area is 161 Å². The van der Waals surface area contributed by atoms with Crippen molar-refractivity contribution in [2.75, 3.05) is 44.2 Å². The Hall–Kier alpha value is -2.54. The SMILES string of the molecule is O=C(NCCOc1ccc(F)cc1Cl)N1CCN(c2ccc(F)cc2)CC1. The molecule has 0 aliphatic carbocycles. The van der Waals surface area contributed by atoms with Gasteiger partial charge in [0.2, 0.25) is 0 Å². The van der Waals surface area contributed by atoms with Crippen molar-refractivity contribution in [3.05, 3.63) is 59.1 Å². The highest BCUT2D eigenvalue weighted by Crippen LogP contribution is 2.24. The Bertz CT molecular complexity index is 781. The maximum absolute atomic E-state index is 13.0. The second-order valence-electron chi connectivity index (χ2n) is 6.11. The van der Waals surface area contributed by atoms with E-state index in [1.807, 2.05) is 0 Å². The number of halogens is 3. The number of nitrogens with zero attached hydrogens (tertiary/aromatic N) is 2. The predicted octanol–water partition coefficient (Wildman–Crippen LogP) is 3.53. The van der Waals surface area contributed by atoms with Crippen molar-refractivity contribution in [1.29, 1.82) is 0 Å². The van der Waals surface area contributed by atoms with E-state index in [-0.39, 0.29) is 23.5 Å². The lowest BCUT2D eigenvalue weighted by atomic mass is 10.2. The van der Waals surface area contributed by atoms with Gasteiger partial charge in [-0.1, -0.05) is 11.6 Å². The number of anilines is 1. The highest BCUT2D eigenvalue weighted by molar-refractivity contribution is 6.32. The predicted molar refractivity (Wildman–Crippen MR) is 100 cm³/mol. The number of urea groups is 1. The maximum atomic E-state index is 13.0. The van der Waals surface area contributed by atoms with Crippen LogP contribution in [0.2, 0.25) is 5.02 Å². The minimum atomic E-state index is -0.430. The first kappa shape index (κ1) is 19.2. The van der Waals surface area contributed by atoms with Crippen LogP contribution in [-0.4, -0.2) is 50.3 Å². The monoisotopic (exact) mass is 395 g/mol. The molecule has 0 unspecified atom stereocenters. The summed E-state index contributed by atoms with van der Waals surface area (Å²) in [6.07, 6.45) is 0. The van der Waals surface area contributed by atoms with E-state index >= 15 is 0 Å². The van der Waals surface area contributed by atoms with Crippen LogP contribution in [0.1, 0.15) is 0 Å². The number of piperazine rings is 1. The second-order valence-corrected chi connectivity index (χ2v) is 6.51. The first-order valence-corrected chi connectivity index (χ1v) is 9.02. The summed E-state index contributed by atoms with van der Waals surface area (Å²) >= 11 is 5.88. The fourth-order valence-corrected chi connectivity index (χ4v) is 3.06. The molecule has 1 fully saturated rings. The van der Waals surface area contributed by atoms with E-state index in [4.69, 9.17) is 16.3 Å². The molecule has 1 N–H and O–H groups in total. The van der Waals surface area contributed by atoms with E-state index in [0.29, 0.717) is 38.5 Å². The number of amides is 2. The lowest BCUT2D eigenvalue weighted by Crippen LogP contribution is -2.52. The normalized spacial score (nSPS) is 14.2. The second kappa shape index (κ2) is 8.90. The standard InChI is InChI=1S/C19H20ClF2N3O2/c20-17-13-15(22)3-6-18(17)27-12-7-23-19(26)25-10-8-24(9-11-25)16-4-1-14(21)2-5-16/h1-6,13H,7-12H2,(H,23,26). The highest BCUT2D eigenvalue weighted by Gasteiger charge is 2.21. The van der Waals surface area contributed by atoms with Crippen LogP contribution in [0, 0.1) is 11.6 Å². The molecular formula is C19H20ClF2N3O2. The molecule has 2 aromatic carbocycles. The van der Waals surface area contributed by atoms with Crippen LogP contribution in [0.4, 0.5) is 19.3 Å². The third kappa shape index (κ3) is 5.23. The summed E-state index contributed by atoms with van der Waals surface area (Å²) in [5.74, 6) is -0.318. The van der Waals surface area contributed by atoms with Crippen LogP contribution in [0.5, 0.6) is 5.75 Å². The Kier molecular flexibility index (Phi) is 6.34. The topological polar surface area (TPSA) is 44.8 Å². The summed E-state index contributed by atoms with van der Waals surface area (Å²) in [5.41, 5.74) is 0.945. The molecule has 144 valence electrons. The van der Waals surface area contributed by atoms with Crippen molar-refractivity contribution in [3.63, 3.8) is 0 Å². The van der Waals surface area contributed by atoms with Gasteiger partial charge in [-0.05, 0) is 42.5 Å². The van der Waals surface area contributed by atoms with Gasteiger partial charge in [0.05, 0.1) is 11.6 Å². The molecule has 2 amide bonds. The molecule has 2 aromatic rings. The van der Waals surface area contributed by atoms with Crippen LogP contribution in [0.25, 0.3) is 0 Å². The molecule has 3 rings (SSSR count). The zero-order valence-electron chi connectivity index (χ0n) is 14.6. The number of hydrogen-bond acceptors (Lipinski definition) is 3. The number of ether oxygens (including phenoxy) is 1. The van der Waals surface area contributed by atoms with E-state index in [1.165, 1.54) is 30.3 Å². The molecule has 1 saturated heterocycles. The minimum absolute atomic E-state index is 0.164. The summed E-state index contributed by atoms with van der Waals surface area (Å²) in [4.78, 5) is 16.1. The van der Waals surface area contributed by atoms with Gasteiger partial charge in [-0.3, -0.25) is 0 Å². The molecule has 1 aliphatic rings. The van der Waals surface area contributed by atoms with Crippen molar-refractivity contribution < 1.29 is 18.3 Å². The van der Waals surface area contributed by atoms with Gasteiger partial charge in [0.1, 0.15) is 24.0 Å². The zero-order valence-corrected chi connectivity index (χ0v) is 15.4. The average Bonchev–Trinajstić information content (AvgIpc) is 2.67. The lowest BCUT2D eigenvalue weighted by Gasteiger charge is -2.36. The molecule has 0 spiro atoms. The molecular weight excluding hydrogens is 376 g/mol. The fraction of sp³-hybridized carbons (Fsp3) is 0.316. The van der Waals surface area contributed by atoms with Crippen LogP contribution in [-0.2, 0) is 0 Å². The van der Waals surface area contributed by atoms with Crippen molar-refractivity contribution in [1.82, 2.24) is 10.2 Å². The Balaban J connectivity index is 1.38. The number of carbonyl (C=O) groups is 1. The fourth-order valence-electron chi connectivity index (χ4n) is 2.84. The number of carbonyl (C=O) groups excluding carboxylic acids is 1. The van der Waals surface area contributed by atoms with Gasteiger partial charge in [-0.2, -0.15) is 0 Å². The lowest BCUT2D eigenvalue weighted by molar-refractivity contribution is 0.191. The third-order valence-electron chi connectivity index (χ3n) is 4.29. The van der Waals surface area contributed by atoms with Crippen molar-refractivity contribution in [2.45, 2.75) is 0 Å². The minimum Gasteiger partial charge on any atom is -0.490 e. The van der Waals surface area contributed by atoms with E-state index in [1.54, 1.807) is 17.0 Å². The van der Waals surface area contributed by atoms with Gasteiger partial charge >= 0.3 is 6.03 Å². The van der Waals surface area contributed by atoms with Crippen molar-refractivity contribution in [3.8, 4) is 5.75 Å². The maximum Gasteiger partial charge on any atom is 0.317 e. The van der Waals surface area contributed by atoms with Crippen LogP contribution < -0.4 is 15.0 Å². The number of hydrogen-bond donors (Lipinski definition) is 1.